The smallest absolute Gasteiger partial charge is 0.254 e. The number of carbonyl (C=O) groups is 2. The Hall–Kier alpha value is -4.08. The molecule has 0 radical (unpaired) electrons. The predicted octanol–water partition coefficient (Wildman–Crippen LogP) is 4.55. The summed E-state index contributed by atoms with van der Waals surface area (Å²) in [6.45, 7) is 5.82. The first-order chi connectivity index (χ1) is 20.8. The van der Waals surface area contributed by atoms with E-state index in [9.17, 15) is 14.7 Å². The molecular formula is C34H45N3O6. The third-order valence-electron chi connectivity index (χ3n) is 7.42. The molecule has 0 aliphatic rings. The molecule has 0 unspecified atom stereocenters. The molecule has 0 heterocycles. The van der Waals surface area contributed by atoms with E-state index in [4.69, 9.17) is 19.9 Å². The first-order valence-corrected chi connectivity index (χ1v) is 14.7. The number of nitrogens with one attached hydrogen (secondary N) is 1. The molecule has 2 atom stereocenters. The lowest BCUT2D eigenvalue weighted by Gasteiger charge is -2.30. The number of hydrogen-bond donors (Lipinski definition) is 3. The minimum Gasteiger partial charge on any atom is -0.493 e. The van der Waals surface area contributed by atoms with Gasteiger partial charge in [-0.1, -0.05) is 50.2 Å². The van der Waals surface area contributed by atoms with Crippen molar-refractivity contribution in [3.8, 4) is 17.2 Å². The zero-order valence-corrected chi connectivity index (χ0v) is 25.9. The summed E-state index contributed by atoms with van der Waals surface area (Å²) in [5.74, 6) is 0.154. The number of hydrogen-bond acceptors (Lipinski definition) is 7. The lowest BCUT2D eigenvalue weighted by molar-refractivity contribution is 0.0751. The molecule has 3 aromatic carbocycles. The number of carbonyl (C=O) groups excluding carboxylic acids is 2. The average molecular weight is 592 g/mol. The van der Waals surface area contributed by atoms with Gasteiger partial charge in [-0.25, -0.2) is 0 Å². The summed E-state index contributed by atoms with van der Waals surface area (Å²) >= 11 is 0. The van der Waals surface area contributed by atoms with Crippen molar-refractivity contribution in [1.82, 2.24) is 10.2 Å². The zero-order chi connectivity index (χ0) is 31.4. The molecule has 0 saturated carbocycles. The fraction of sp³-hybridized carbons (Fsp3) is 0.412. The van der Waals surface area contributed by atoms with Gasteiger partial charge in [0, 0.05) is 43.2 Å². The molecule has 3 aromatic rings. The summed E-state index contributed by atoms with van der Waals surface area (Å²) in [7, 11) is 4.67. The second kappa shape index (κ2) is 16.5. The molecule has 43 heavy (non-hydrogen) atoms. The van der Waals surface area contributed by atoms with Gasteiger partial charge in [-0.3, -0.25) is 9.59 Å². The maximum absolute atomic E-state index is 13.9. The molecule has 9 heteroatoms. The van der Waals surface area contributed by atoms with E-state index in [1.54, 1.807) is 44.4 Å². The first-order valence-electron chi connectivity index (χ1n) is 14.7. The lowest BCUT2D eigenvalue weighted by atomic mass is 9.81. The van der Waals surface area contributed by atoms with Crippen LogP contribution in [0.5, 0.6) is 17.2 Å². The van der Waals surface area contributed by atoms with Crippen LogP contribution in [-0.2, 0) is 13.0 Å². The summed E-state index contributed by atoms with van der Waals surface area (Å²) < 4.78 is 16.4. The Morgan fingerprint density at radius 2 is 1.47 bits per heavy atom. The number of amides is 2. The van der Waals surface area contributed by atoms with E-state index in [-0.39, 0.29) is 18.0 Å². The van der Waals surface area contributed by atoms with Gasteiger partial charge in [0.2, 0.25) is 11.7 Å². The van der Waals surface area contributed by atoms with Crippen LogP contribution >= 0.6 is 0 Å². The third-order valence-corrected chi connectivity index (χ3v) is 7.42. The van der Waals surface area contributed by atoms with Gasteiger partial charge in [0.05, 0.1) is 27.4 Å². The Morgan fingerprint density at radius 1 is 0.860 bits per heavy atom. The van der Waals surface area contributed by atoms with Crippen molar-refractivity contribution in [3.05, 3.63) is 88.5 Å². The maximum atomic E-state index is 13.9. The van der Waals surface area contributed by atoms with Crippen LogP contribution in [0.1, 0.15) is 70.0 Å². The van der Waals surface area contributed by atoms with Crippen molar-refractivity contribution in [1.29, 1.82) is 0 Å². The van der Waals surface area contributed by atoms with Crippen molar-refractivity contribution in [2.75, 3.05) is 41.0 Å². The van der Waals surface area contributed by atoms with Crippen LogP contribution in [-0.4, -0.2) is 68.9 Å². The Morgan fingerprint density at radius 3 is 2.00 bits per heavy atom. The number of benzene rings is 3. The van der Waals surface area contributed by atoms with Gasteiger partial charge in [-0.15, -0.1) is 0 Å². The van der Waals surface area contributed by atoms with E-state index in [1.807, 2.05) is 56.3 Å². The van der Waals surface area contributed by atoms with E-state index in [1.165, 1.54) is 0 Å². The van der Waals surface area contributed by atoms with Gasteiger partial charge in [-0.05, 0) is 60.2 Å². The highest BCUT2D eigenvalue weighted by atomic mass is 16.5. The summed E-state index contributed by atoms with van der Waals surface area (Å²) in [6.07, 6.45) is 1.05. The van der Waals surface area contributed by atoms with E-state index in [2.05, 4.69) is 5.32 Å². The van der Waals surface area contributed by atoms with Crippen LogP contribution < -0.4 is 25.3 Å². The minimum absolute atomic E-state index is 0.169. The fourth-order valence-corrected chi connectivity index (χ4v) is 5.43. The molecule has 4 N–H and O–H groups in total. The van der Waals surface area contributed by atoms with Gasteiger partial charge < -0.3 is 35.3 Å². The van der Waals surface area contributed by atoms with Crippen molar-refractivity contribution < 1.29 is 28.9 Å². The van der Waals surface area contributed by atoms with E-state index in [0.717, 1.165) is 24.0 Å². The van der Waals surface area contributed by atoms with Gasteiger partial charge >= 0.3 is 0 Å². The Bertz CT molecular complexity index is 1320. The predicted molar refractivity (Wildman–Crippen MR) is 168 cm³/mol. The van der Waals surface area contributed by atoms with Crippen molar-refractivity contribution >= 4 is 11.8 Å². The molecule has 9 nitrogen and oxygen atoms in total. The summed E-state index contributed by atoms with van der Waals surface area (Å²) in [5, 5.41) is 15.1. The van der Waals surface area contributed by atoms with Crippen LogP contribution in [0.15, 0.2) is 60.7 Å². The largest absolute Gasteiger partial charge is 0.493 e. The second-order valence-corrected chi connectivity index (χ2v) is 10.5. The van der Waals surface area contributed by atoms with Crippen molar-refractivity contribution in [2.45, 2.75) is 51.7 Å². The number of primary amides is 1. The number of aliphatic hydroxyl groups is 1. The van der Waals surface area contributed by atoms with Gasteiger partial charge in [0.1, 0.15) is 0 Å². The van der Waals surface area contributed by atoms with Crippen LogP contribution in [0, 0.1) is 0 Å². The number of nitrogens with two attached hydrogens (primary N) is 1. The second-order valence-electron chi connectivity index (χ2n) is 10.5. The Kier molecular flexibility index (Phi) is 12.8. The maximum Gasteiger partial charge on any atom is 0.254 e. The molecule has 232 valence electrons. The van der Waals surface area contributed by atoms with Crippen LogP contribution in [0.25, 0.3) is 0 Å². The highest BCUT2D eigenvalue weighted by molar-refractivity contribution is 6.02. The molecule has 0 aliphatic carbocycles. The topological polar surface area (TPSA) is 123 Å². The SMILES string of the molecule is CCCN(CCC)C(=O)c1cccc(C(N)=O)c1[C@H](Cc1ccccc1)[C@@H](O)CNCc1cc(OC)c(OC)c(OC)c1. The summed E-state index contributed by atoms with van der Waals surface area (Å²) in [6, 6.07) is 18.5. The zero-order valence-electron chi connectivity index (χ0n) is 25.9. The highest BCUT2D eigenvalue weighted by Crippen LogP contribution is 2.38. The third kappa shape index (κ3) is 8.49. The lowest BCUT2D eigenvalue weighted by Crippen LogP contribution is -2.37. The molecule has 3 rings (SSSR count). The number of methoxy groups -OCH3 is 3. The normalized spacial score (nSPS) is 12.3. The van der Waals surface area contributed by atoms with Crippen LogP contribution in [0.2, 0.25) is 0 Å². The summed E-state index contributed by atoms with van der Waals surface area (Å²) in [5.41, 5.74) is 8.80. The van der Waals surface area contributed by atoms with E-state index < -0.39 is 17.9 Å². The molecule has 0 aromatic heterocycles. The average Bonchev–Trinajstić information content (AvgIpc) is 3.02. The number of rotatable bonds is 17. The molecule has 2 amide bonds. The standard InChI is InChI=1S/C34H45N3O6/c1-6-16-37(17-7-2)34(40)26-15-11-14-25(33(35)39)31(26)27(18-23-12-9-8-10-13-23)28(38)22-36-21-24-19-29(41-3)32(43-5)30(20-24)42-4/h8-15,19-20,27-28,36,38H,6-7,16-18,21-22H2,1-5H3,(H2,35,39)/t27-,28+/m1/s1. The van der Waals surface area contributed by atoms with Gasteiger partial charge in [0.25, 0.3) is 5.91 Å². The molecule has 0 fully saturated rings. The number of nitrogens with zero attached hydrogens (tertiary/aromatic N) is 1. The quantitative estimate of drug-likeness (QED) is 0.210. The molecule has 0 bridgehead atoms. The van der Waals surface area contributed by atoms with Crippen LogP contribution in [0.3, 0.4) is 0 Å². The molecule has 0 saturated heterocycles. The molecular weight excluding hydrogens is 546 g/mol. The minimum atomic E-state index is -0.958. The van der Waals surface area contributed by atoms with Crippen molar-refractivity contribution in [3.63, 3.8) is 0 Å². The summed E-state index contributed by atoms with van der Waals surface area (Å²) in [4.78, 5) is 28.5. The van der Waals surface area contributed by atoms with Crippen LogP contribution in [0.4, 0.5) is 0 Å². The Balaban J connectivity index is 2.00. The highest BCUT2D eigenvalue weighted by Gasteiger charge is 2.31. The van der Waals surface area contributed by atoms with Gasteiger partial charge in [-0.2, -0.15) is 0 Å². The fourth-order valence-electron chi connectivity index (χ4n) is 5.43. The van der Waals surface area contributed by atoms with E-state index in [0.29, 0.717) is 54.4 Å². The monoisotopic (exact) mass is 591 g/mol. The van der Waals surface area contributed by atoms with Gasteiger partial charge in [0.15, 0.2) is 11.5 Å². The number of ether oxygens (including phenoxy) is 3. The molecule has 0 aliphatic heterocycles. The molecule has 0 spiro atoms. The van der Waals surface area contributed by atoms with Crippen molar-refractivity contribution in [2.24, 2.45) is 5.73 Å². The van der Waals surface area contributed by atoms with E-state index >= 15 is 0 Å². The number of aliphatic hydroxyl groups excluding tert-OH is 1. The Labute approximate surface area is 254 Å². The first kappa shape index (κ1) is 33.4.